The summed E-state index contributed by atoms with van der Waals surface area (Å²) >= 11 is 0. The van der Waals surface area contributed by atoms with Crippen LogP contribution in [0.3, 0.4) is 0 Å². The van der Waals surface area contributed by atoms with Gasteiger partial charge in [-0.3, -0.25) is 0 Å². The highest BCUT2D eigenvalue weighted by Gasteiger charge is 2.12. The molecule has 0 aromatic carbocycles. The number of anilines is 2. The second kappa shape index (κ2) is 8.53. The molecule has 6 heteroatoms. The first-order valence-corrected chi connectivity index (χ1v) is 6.74. The van der Waals surface area contributed by atoms with Crippen LogP contribution in [0, 0.1) is 0 Å². The van der Waals surface area contributed by atoms with E-state index in [1.165, 1.54) is 0 Å². The number of hydrogen-bond donors (Lipinski definition) is 2. The molecule has 0 saturated heterocycles. The van der Waals surface area contributed by atoms with Gasteiger partial charge in [0.15, 0.2) is 11.6 Å². The Hall–Kier alpha value is -1.56. The average molecular weight is 268 g/mol. The third-order valence-corrected chi connectivity index (χ3v) is 2.50. The fourth-order valence-corrected chi connectivity index (χ4v) is 1.51. The predicted octanol–water partition coefficient (Wildman–Crippen LogP) is 2.21. The number of nitrogens with two attached hydrogens (primary N) is 1. The van der Waals surface area contributed by atoms with Gasteiger partial charge in [0.05, 0.1) is 6.61 Å². The number of nitrogen functional groups attached to an aromatic ring is 1. The van der Waals surface area contributed by atoms with Crippen molar-refractivity contribution in [1.82, 2.24) is 9.97 Å². The average Bonchev–Trinajstić information content (AvgIpc) is 2.41. The Kier molecular flexibility index (Phi) is 6.95. The summed E-state index contributed by atoms with van der Waals surface area (Å²) in [6.07, 6.45) is 3.08. The predicted molar refractivity (Wildman–Crippen MR) is 76.3 cm³/mol. The van der Waals surface area contributed by atoms with Gasteiger partial charge in [-0.05, 0) is 12.8 Å². The van der Waals surface area contributed by atoms with Gasteiger partial charge in [-0.1, -0.05) is 20.3 Å². The summed E-state index contributed by atoms with van der Waals surface area (Å²) in [5, 5.41) is 3.22. The fraction of sp³-hybridized carbons (Fsp3) is 0.692. The molecule has 0 spiro atoms. The second-order valence-corrected chi connectivity index (χ2v) is 4.27. The maximum Gasteiger partial charge on any atom is 0.242 e. The smallest absolute Gasteiger partial charge is 0.242 e. The van der Waals surface area contributed by atoms with Gasteiger partial charge in [-0.15, -0.1) is 0 Å². The summed E-state index contributed by atoms with van der Waals surface area (Å²) in [5.74, 6) is 1.63. The van der Waals surface area contributed by atoms with Crippen molar-refractivity contribution in [3.8, 4) is 5.88 Å². The van der Waals surface area contributed by atoms with Gasteiger partial charge in [-0.2, -0.15) is 4.98 Å². The molecule has 1 heterocycles. The van der Waals surface area contributed by atoms with Crippen molar-refractivity contribution in [2.24, 2.45) is 0 Å². The molecule has 3 N–H and O–H groups in total. The van der Waals surface area contributed by atoms with Crippen molar-refractivity contribution >= 4 is 11.5 Å². The maximum atomic E-state index is 6.02. The summed E-state index contributed by atoms with van der Waals surface area (Å²) in [6, 6.07) is 0. The summed E-state index contributed by atoms with van der Waals surface area (Å²) in [7, 11) is 1.61. The lowest BCUT2D eigenvalue weighted by Gasteiger charge is -2.13. The lowest BCUT2D eigenvalue weighted by Crippen LogP contribution is -2.12. The molecule has 6 nitrogen and oxygen atoms in total. The minimum atomic E-state index is 0.339. The van der Waals surface area contributed by atoms with E-state index in [-0.39, 0.29) is 0 Å². The molecule has 0 aliphatic carbocycles. The van der Waals surface area contributed by atoms with Gasteiger partial charge in [0.25, 0.3) is 0 Å². The van der Waals surface area contributed by atoms with E-state index in [1.54, 1.807) is 7.11 Å². The quantitative estimate of drug-likeness (QED) is 0.668. The van der Waals surface area contributed by atoms with Crippen molar-refractivity contribution in [2.75, 3.05) is 31.3 Å². The van der Waals surface area contributed by atoms with E-state index in [9.17, 15) is 0 Å². The van der Waals surface area contributed by atoms with Crippen molar-refractivity contribution < 1.29 is 9.47 Å². The molecule has 0 atom stereocenters. The Labute approximate surface area is 114 Å². The van der Waals surface area contributed by atoms with Crippen LogP contribution in [0.2, 0.25) is 0 Å². The fourth-order valence-electron chi connectivity index (χ4n) is 1.51. The molecule has 0 fully saturated rings. The molecule has 0 aliphatic heterocycles. The van der Waals surface area contributed by atoms with Gasteiger partial charge in [-0.25, -0.2) is 4.98 Å². The molecule has 0 bridgehead atoms. The molecule has 0 amide bonds. The molecule has 1 aromatic heterocycles. The topological polar surface area (TPSA) is 82.3 Å². The van der Waals surface area contributed by atoms with Crippen molar-refractivity contribution in [1.29, 1.82) is 0 Å². The highest BCUT2D eigenvalue weighted by atomic mass is 16.5. The first-order valence-electron chi connectivity index (χ1n) is 6.74. The Morgan fingerprint density at radius 1 is 1.21 bits per heavy atom. The Morgan fingerprint density at radius 3 is 2.63 bits per heavy atom. The number of unbranched alkanes of at least 4 members (excludes halogenated alkanes) is 1. The Bertz CT molecular complexity index is 385. The largest absolute Gasteiger partial charge is 0.476 e. The van der Waals surface area contributed by atoms with Crippen LogP contribution >= 0.6 is 0 Å². The lowest BCUT2D eigenvalue weighted by atomic mass is 10.3. The summed E-state index contributed by atoms with van der Waals surface area (Å²) in [5.41, 5.74) is 6.48. The first kappa shape index (κ1) is 15.5. The normalized spacial score (nSPS) is 10.5. The van der Waals surface area contributed by atoms with Crippen LogP contribution < -0.4 is 15.8 Å². The molecule has 1 rings (SSSR count). The van der Waals surface area contributed by atoms with Crippen LogP contribution in [-0.4, -0.2) is 30.2 Å². The van der Waals surface area contributed by atoms with E-state index in [2.05, 4.69) is 22.2 Å². The van der Waals surface area contributed by atoms with Crippen LogP contribution in [0.15, 0.2) is 0 Å². The minimum absolute atomic E-state index is 0.339. The van der Waals surface area contributed by atoms with Gasteiger partial charge in [0, 0.05) is 13.7 Å². The van der Waals surface area contributed by atoms with E-state index >= 15 is 0 Å². The molecule has 19 heavy (non-hydrogen) atoms. The molecule has 0 saturated carbocycles. The van der Waals surface area contributed by atoms with Crippen LogP contribution in [0.25, 0.3) is 0 Å². The van der Waals surface area contributed by atoms with Crippen LogP contribution in [0.1, 0.15) is 38.9 Å². The van der Waals surface area contributed by atoms with Gasteiger partial charge < -0.3 is 20.5 Å². The van der Waals surface area contributed by atoms with Gasteiger partial charge in [0.2, 0.25) is 5.88 Å². The van der Waals surface area contributed by atoms with E-state index in [4.69, 9.17) is 15.2 Å². The zero-order valence-corrected chi connectivity index (χ0v) is 12.0. The number of nitrogens with zero attached hydrogens (tertiary/aromatic N) is 2. The molecule has 0 aliphatic rings. The Balaban J connectivity index is 2.88. The highest BCUT2D eigenvalue weighted by molar-refractivity contribution is 5.66. The monoisotopic (exact) mass is 268 g/mol. The van der Waals surface area contributed by atoms with E-state index in [1.807, 2.05) is 6.92 Å². The number of hydrogen-bond acceptors (Lipinski definition) is 6. The van der Waals surface area contributed by atoms with Crippen LogP contribution in [0.5, 0.6) is 5.88 Å². The molecular formula is C13H24N4O2. The molecule has 1 aromatic rings. The standard InChI is InChI=1S/C13H24N4O2/c1-4-6-7-15-12-11(14)13(19-8-5-2)17-10(16-12)9-18-3/h4-9,14H2,1-3H3,(H,15,16,17). The zero-order valence-electron chi connectivity index (χ0n) is 12.0. The van der Waals surface area contributed by atoms with Crippen molar-refractivity contribution in [2.45, 2.75) is 39.7 Å². The lowest BCUT2D eigenvalue weighted by molar-refractivity contribution is 0.176. The zero-order chi connectivity index (χ0) is 14.1. The minimum Gasteiger partial charge on any atom is -0.476 e. The van der Waals surface area contributed by atoms with Crippen molar-refractivity contribution in [3.05, 3.63) is 5.82 Å². The van der Waals surface area contributed by atoms with Gasteiger partial charge in [0.1, 0.15) is 12.3 Å². The van der Waals surface area contributed by atoms with E-state index in [0.29, 0.717) is 36.4 Å². The molecule has 0 radical (unpaired) electrons. The SMILES string of the molecule is CCCCNc1nc(COC)nc(OCCC)c1N. The van der Waals surface area contributed by atoms with Crippen LogP contribution in [-0.2, 0) is 11.3 Å². The number of ether oxygens (including phenoxy) is 2. The third kappa shape index (κ3) is 4.90. The molecule has 108 valence electrons. The second-order valence-electron chi connectivity index (χ2n) is 4.27. The highest BCUT2D eigenvalue weighted by Crippen LogP contribution is 2.26. The van der Waals surface area contributed by atoms with Crippen LogP contribution in [0.4, 0.5) is 11.5 Å². The maximum absolute atomic E-state index is 6.02. The van der Waals surface area contributed by atoms with E-state index in [0.717, 1.165) is 25.8 Å². The molecule has 0 unspecified atom stereocenters. The van der Waals surface area contributed by atoms with E-state index < -0.39 is 0 Å². The summed E-state index contributed by atoms with van der Waals surface area (Å²) in [6.45, 7) is 5.93. The van der Waals surface area contributed by atoms with Gasteiger partial charge >= 0.3 is 0 Å². The number of rotatable bonds is 9. The summed E-state index contributed by atoms with van der Waals surface area (Å²) < 4.78 is 10.6. The van der Waals surface area contributed by atoms with Crippen molar-refractivity contribution in [3.63, 3.8) is 0 Å². The number of aromatic nitrogens is 2. The Morgan fingerprint density at radius 2 is 2.00 bits per heavy atom. The number of methoxy groups -OCH3 is 1. The third-order valence-electron chi connectivity index (χ3n) is 2.50. The summed E-state index contributed by atoms with van der Waals surface area (Å²) in [4.78, 5) is 8.62. The molecular weight excluding hydrogens is 244 g/mol. The number of nitrogens with one attached hydrogen (secondary N) is 1. The first-order chi connectivity index (χ1) is 9.22.